The summed E-state index contributed by atoms with van der Waals surface area (Å²) < 4.78 is 19.2. The van der Waals surface area contributed by atoms with Crippen molar-refractivity contribution in [2.75, 3.05) is 19.5 Å². The minimum atomic E-state index is -0.255. The van der Waals surface area contributed by atoms with Gasteiger partial charge in [0.2, 0.25) is 0 Å². The summed E-state index contributed by atoms with van der Waals surface area (Å²) in [6, 6.07) is 12.4. The summed E-state index contributed by atoms with van der Waals surface area (Å²) in [4.78, 5) is 13.5. The summed E-state index contributed by atoms with van der Waals surface area (Å²) >= 11 is 0. The van der Waals surface area contributed by atoms with Crippen molar-refractivity contribution in [2.45, 2.75) is 6.92 Å². The molecule has 4 rings (SSSR count). The highest BCUT2D eigenvalue weighted by molar-refractivity contribution is 5.98. The third kappa shape index (κ3) is 3.13. The molecule has 0 saturated heterocycles. The topological polar surface area (TPSA) is 59.9 Å². The molecule has 28 heavy (non-hydrogen) atoms. The van der Waals surface area contributed by atoms with Crippen molar-refractivity contribution in [2.24, 2.45) is 0 Å². The van der Waals surface area contributed by atoms with Crippen molar-refractivity contribution in [3.8, 4) is 28.3 Å². The maximum Gasteiger partial charge on any atom is 0.163 e. The van der Waals surface area contributed by atoms with Gasteiger partial charge in [0.15, 0.2) is 5.82 Å². The number of pyridine rings is 1. The van der Waals surface area contributed by atoms with Crippen LogP contribution >= 0.6 is 0 Å². The molecule has 0 aliphatic heterocycles. The van der Waals surface area contributed by atoms with E-state index in [1.165, 1.54) is 12.1 Å². The lowest BCUT2D eigenvalue weighted by Gasteiger charge is -2.14. The van der Waals surface area contributed by atoms with Gasteiger partial charge in [-0.05, 0) is 60.0 Å². The van der Waals surface area contributed by atoms with E-state index in [0.717, 1.165) is 27.6 Å². The van der Waals surface area contributed by atoms with E-state index in [-0.39, 0.29) is 5.82 Å². The Morgan fingerprint density at radius 2 is 1.89 bits per heavy atom. The van der Waals surface area contributed by atoms with Gasteiger partial charge >= 0.3 is 0 Å². The third-order valence-corrected chi connectivity index (χ3v) is 4.64. The monoisotopic (exact) mass is 374 g/mol. The molecular weight excluding hydrogens is 355 g/mol. The minimum absolute atomic E-state index is 0.255. The molecule has 2 heterocycles. The van der Waals surface area contributed by atoms with Gasteiger partial charge in [-0.2, -0.15) is 0 Å². The van der Waals surface area contributed by atoms with Gasteiger partial charge in [-0.3, -0.25) is 4.98 Å². The second-order valence-electron chi connectivity index (χ2n) is 6.42. The van der Waals surface area contributed by atoms with Crippen LogP contribution in [0.4, 0.5) is 10.2 Å². The summed E-state index contributed by atoms with van der Waals surface area (Å²) in [6.45, 7) is 1.88. The number of anilines is 1. The van der Waals surface area contributed by atoms with Gasteiger partial charge in [0.05, 0.1) is 7.11 Å². The number of benzene rings is 2. The smallest absolute Gasteiger partial charge is 0.163 e. The number of hydrogen-bond acceptors (Lipinski definition) is 5. The van der Waals surface area contributed by atoms with Gasteiger partial charge in [0, 0.05) is 30.4 Å². The van der Waals surface area contributed by atoms with Crippen LogP contribution in [0.25, 0.3) is 33.4 Å². The fraction of sp³-hybridized carbons (Fsp3) is 0.136. The summed E-state index contributed by atoms with van der Waals surface area (Å²) in [6.07, 6.45) is 3.44. The van der Waals surface area contributed by atoms with Crippen molar-refractivity contribution in [3.63, 3.8) is 0 Å². The molecule has 0 aliphatic carbocycles. The second-order valence-corrected chi connectivity index (χ2v) is 6.42. The Kier molecular flexibility index (Phi) is 4.61. The lowest BCUT2D eigenvalue weighted by Crippen LogP contribution is -2.01. The van der Waals surface area contributed by atoms with Crippen molar-refractivity contribution >= 4 is 16.7 Å². The van der Waals surface area contributed by atoms with E-state index < -0.39 is 0 Å². The summed E-state index contributed by atoms with van der Waals surface area (Å²) in [5.41, 5.74) is 4.21. The molecule has 0 amide bonds. The fourth-order valence-electron chi connectivity index (χ4n) is 3.28. The van der Waals surface area contributed by atoms with Crippen LogP contribution in [0.3, 0.4) is 0 Å². The van der Waals surface area contributed by atoms with E-state index in [0.29, 0.717) is 22.9 Å². The molecule has 2 aromatic carbocycles. The zero-order valence-electron chi connectivity index (χ0n) is 15.8. The number of ether oxygens (including phenoxy) is 1. The molecule has 0 radical (unpaired) electrons. The quantitative estimate of drug-likeness (QED) is 0.553. The van der Waals surface area contributed by atoms with Gasteiger partial charge < -0.3 is 10.1 Å². The molecule has 2 aromatic heterocycles. The molecule has 0 fully saturated rings. The van der Waals surface area contributed by atoms with Gasteiger partial charge in [-0.1, -0.05) is 6.07 Å². The lowest BCUT2D eigenvalue weighted by atomic mass is 9.98. The fourth-order valence-corrected chi connectivity index (χ4v) is 3.28. The Hall–Kier alpha value is -3.54. The SMILES string of the molecule is CNc1nc(-c2cccnc2)nc2c(OC)cc(-c3ccc(F)cc3C)cc12. The van der Waals surface area contributed by atoms with E-state index in [1.807, 2.05) is 38.2 Å². The molecular formula is C22H19FN4O. The molecule has 0 aliphatic rings. The first-order chi connectivity index (χ1) is 13.6. The van der Waals surface area contributed by atoms with E-state index in [4.69, 9.17) is 9.72 Å². The Labute approximate surface area is 162 Å². The number of fused-ring (bicyclic) bond motifs is 1. The molecule has 0 atom stereocenters. The van der Waals surface area contributed by atoms with Gasteiger partial charge in [0.25, 0.3) is 0 Å². The average Bonchev–Trinajstić information content (AvgIpc) is 2.72. The summed E-state index contributed by atoms with van der Waals surface area (Å²) in [7, 11) is 3.43. The number of aryl methyl sites for hydroxylation is 1. The van der Waals surface area contributed by atoms with Crippen molar-refractivity contribution < 1.29 is 9.13 Å². The lowest BCUT2D eigenvalue weighted by molar-refractivity contribution is 0.419. The highest BCUT2D eigenvalue weighted by Crippen LogP contribution is 2.36. The highest BCUT2D eigenvalue weighted by Gasteiger charge is 2.15. The van der Waals surface area contributed by atoms with Gasteiger partial charge in [-0.15, -0.1) is 0 Å². The van der Waals surface area contributed by atoms with Gasteiger partial charge in [-0.25, -0.2) is 14.4 Å². The van der Waals surface area contributed by atoms with Crippen LogP contribution in [0.2, 0.25) is 0 Å². The molecule has 0 spiro atoms. The van der Waals surface area contributed by atoms with Gasteiger partial charge in [0.1, 0.15) is 22.9 Å². The Bertz CT molecular complexity index is 1160. The summed E-state index contributed by atoms with van der Waals surface area (Å²) in [5, 5.41) is 3.97. The number of nitrogens with zero attached hydrogens (tertiary/aromatic N) is 3. The first-order valence-electron chi connectivity index (χ1n) is 8.85. The number of halogens is 1. The molecule has 6 heteroatoms. The molecule has 4 aromatic rings. The van der Waals surface area contributed by atoms with Crippen LogP contribution in [-0.2, 0) is 0 Å². The standard InChI is InChI=1S/C22H19FN4O/c1-13-9-16(23)6-7-17(13)15-10-18-20(19(11-15)28-3)26-21(27-22(18)24-2)14-5-4-8-25-12-14/h4-12H,1-3H3,(H,24,26,27). The Morgan fingerprint density at radius 3 is 2.57 bits per heavy atom. The Balaban J connectivity index is 1.98. The predicted octanol–water partition coefficient (Wildman–Crippen LogP) is 4.86. The minimum Gasteiger partial charge on any atom is -0.494 e. The van der Waals surface area contributed by atoms with E-state index in [1.54, 1.807) is 25.6 Å². The first-order valence-corrected chi connectivity index (χ1v) is 8.85. The maximum absolute atomic E-state index is 13.5. The first kappa shape index (κ1) is 17.9. The van der Waals surface area contributed by atoms with Crippen LogP contribution in [-0.4, -0.2) is 29.1 Å². The third-order valence-electron chi connectivity index (χ3n) is 4.64. The molecule has 0 saturated carbocycles. The molecule has 0 unspecified atom stereocenters. The Morgan fingerprint density at radius 1 is 1.04 bits per heavy atom. The van der Waals surface area contributed by atoms with Crippen LogP contribution in [0, 0.1) is 12.7 Å². The van der Waals surface area contributed by atoms with E-state index in [9.17, 15) is 4.39 Å². The predicted molar refractivity (Wildman–Crippen MR) is 109 cm³/mol. The number of nitrogens with one attached hydrogen (secondary N) is 1. The maximum atomic E-state index is 13.5. The van der Waals surface area contributed by atoms with Crippen molar-refractivity contribution in [1.29, 1.82) is 0 Å². The van der Waals surface area contributed by atoms with E-state index in [2.05, 4.69) is 15.3 Å². The molecule has 1 N–H and O–H groups in total. The number of rotatable bonds is 4. The second kappa shape index (κ2) is 7.23. The number of aromatic nitrogens is 3. The van der Waals surface area contributed by atoms with Crippen LogP contribution in [0.1, 0.15) is 5.56 Å². The van der Waals surface area contributed by atoms with E-state index >= 15 is 0 Å². The van der Waals surface area contributed by atoms with Crippen LogP contribution in [0.5, 0.6) is 5.75 Å². The van der Waals surface area contributed by atoms with Crippen molar-refractivity contribution in [3.05, 3.63) is 66.2 Å². The van der Waals surface area contributed by atoms with Crippen LogP contribution in [0.15, 0.2) is 54.9 Å². The molecule has 0 bridgehead atoms. The van der Waals surface area contributed by atoms with Crippen molar-refractivity contribution in [1.82, 2.24) is 15.0 Å². The number of hydrogen-bond donors (Lipinski definition) is 1. The highest BCUT2D eigenvalue weighted by atomic mass is 19.1. The zero-order valence-corrected chi connectivity index (χ0v) is 15.8. The summed E-state index contributed by atoms with van der Waals surface area (Å²) in [5.74, 6) is 1.62. The molecule has 140 valence electrons. The largest absolute Gasteiger partial charge is 0.494 e. The zero-order chi connectivity index (χ0) is 19.7. The van der Waals surface area contributed by atoms with Crippen LogP contribution < -0.4 is 10.1 Å². The molecule has 5 nitrogen and oxygen atoms in total. The number of methoxy groups -OCH3 is 1. The average molecular weight is 374 g/mol. The normalized spacial score (nSPS) is 10.9.